The second-order valence-corrected chi connectivity index (χ2v) is 17.4. The van der Waals surface area contributed by atoms with Crippen LogP contribution >= 0.6 is 0 Å². The van der Waals surface area contributed by atoms with Crippen LogP contribution in [0.15, 0.2) is 24.3 Å². The van der Waals surface area contributed by atoms with Gasteiger partial charge in [-0.15, -0.1) is 0 Å². The van der Waals surface area contributed by atoms with E-state index in [1.165, 1.54) is 212 Å². The van der Waals surface area contributed by atoms with Crippen LogP contribution in [0.3, 0.4) is 0 Å². The zero-order valence-electron chi connectivity index (χ0n) is 37.8. The minimum Gasteiger partial charge on any atom is -0.394 e. The van der Waals surface area contributed by atoms with Gasteiger partial charge in [0.1, 0.15) is 6.10 Å². The minimum absolute atomic E-state index is 0.373. The lowest BCUT2D eigenvalue weighted by atomic mass is 10.0. The number of hydrogen-bond acceptors (Lipinski definition) is 4. The summed E-state index contributed by atoms with van der Waals surface area (Å²) in [7, 11) is 0. The van der Waals surface area contributed by atoms with Gasteiger partial charge in [-0.05, 0) is 32.1 Å². The summed E-state index contributed by atoms with van der Waals surface area (Å²) in [6.07, 6.45) is 58.2. The van der Waals surface area contributed by atoms with Crippen molar-refractivity contribution in [3.8, 4) is 0 Å². The van der Waals surface area contributed by atoms with Gasteiger partial charge < -0.3 is 20.6 Å². The Kier molecular flexibility index (Phi) is 45.5. The van der Waals surface area contributed by atoms with Crippen molar-refractivity contribution >= 4 is 5.91 Å². The van der Waals surface area contributed by atoms with Crippen LogP contribution in [0.2, 0.25) is 0 Å². The van der Waals surface area contributed by atoms with Crippen LogP contribution in [0.4, 0.5) is 0 Å². The topological polar surface area (TPSA) is 89.8 Å². The molecule has 0 aromatic carbocycles. The van der Waals surface area contributed by atoms with E-state index in [-0.39, 0.29) is 6.61 Å². The van der Waals surface area contributed by atoms with Crippen molar-refractivity contribution in [2.24, 2.45) is 0 Å². The highest BCUT2D eigenvalue weighted by Crippen LogP contribution is 2.17. The number of carbonyl (C=O) groups is 1. The molecule has 0 radical (unpaired) electrons. The molecule has 3 unspecified atom stereocenters. The molecule has 5 heteroatoms. The number of aliphatic hydroxyl groups excluding tert-OH is 3. The lowest BCUT2D eigenvalue weighted by Gasteiger charge is -2.21. The number of aliphatic hydroxyl groups is 3. The van der Waals surface area contributed by atoms with Gasteiger partial charge in [0.2, 0.25) is 5.91 Å². The fourth-order valence-electron chi connectivity index (χ4n) is 7.85. The average molecular weight is 790 g/mol. The van der Waals surface area contributed by atoms with Gasteiger partial charge in [-0.2, -0.15) is 0 Å². The molecule has 1 amide bonds. The van der Waals surface area contributed by atoms with Gasteiger partial charge in [0.05, 0.1) is 18.8 Å². The van der Waals surface area contributed by atoms with E-state index in [2.05, 4.69) is 31.3 Å². The van der Waals surface area contributed by atoms with Crippen molar-refractivity contribution in [2.75, 3.05) is 6.61 Å². The Balaban J connectivity index is 3.53. The average Bonchev–Trinajstić information content (AvgIpc) is 3.20. The summed E-state index contributed by atoms with van der Waals surface area (Å²) in [5.74, 6) is -0.509. The second-order valence-electron chi connectivity index (χ2n) is 17.4. The van der Waals surface area contributed by atoms with Crippen molar-refractivity contribution in [3.05, 3.63) is 24.3 Å². The zero-order valence-corrected chi connectivity index (χ0v) is 37.8. The molecule has 0 aliphatic rings. The maximum atomic E-state index is 12.5. The van der Waals surface area contributed by atoms with Gasteiger partial charge in [-0.25, -0.2) is 0 Å². The third kappa shape index (κ3) is 41.0. The van der Waals surface area contributed by atoms with E-state index in [0.29, 0.717) is 6.42 Å². The van der Waals surface area contributed by atoms with E-state index in [0.717, 1.165) is 38.5 Å². The molecule has 0 heterocycles. The Bertz CT molecular complexity index is 829. The van der Waals surface area contributed by atoms with Crippen LogP contribution in [0, 0.1) is 0 Å². The van der Waals surface area contributed by atoms with E-state index in [1.807, 2.05) is 6.08 Å². The molecular weight excluding hydrogens is 691 g/mol. The molecule has 0 aliphatic heterocycles. The molecule has 0 saturated carbocycles. The molecule has 5 nitrogen and oxygen atoms in total. The number of nitrogens with one attached hydrogen (secondary N) is 1. The Labute approximate surface area is 350 Å². The molecule has 0 fully saturated rings. The fourth-order valence-corrected chi connectivity index (χ4v) is 7.85. The molecular formula is C51H99NO4. The summed E-state index contributed by atoms with van der Waals surface area (Å²) in [6.45, 7) is 4.18. The summed E-state index contributed by atoms with van der Waals surface area (Å²) >= 11 is 0. The zero-order chi connectivity index (χ0) is 40.8. The molecule has 332 valence electrons. The standard InChI is InChI=1S/C51H99NO4/c1-3-5-7-9-11-13-15-17-18-19-20-21-22-23-24-25-26-27-28-29-30-31-32-34-36-38-40-42-44-46-50(55)51(56)52-48(47-53)49(54)45-43-41-39-37-35-33-16-14-12-10-8-6-4-2/h35,37,43,45,48-50,53-55H,3-34,36,38-42,44,46-47H2,1-2H3,(H,52,56)/b37-35+,45-43+. The summed E-state index contributed by atoms with van der Waals surface area (Å²) in [5.41, 5.74) is 0. The molecule has 0 aliphatic carbocycles. The number of allylic oxidation sites excluding steroid dienone is 3. The first-order valence-electron chi connectivity index (χ1n) is 25.2. The molecule has 0 saturated heterocycles. The SMILES string of the molecule is CCCCCCCCC/C=C/CC/C=C/C(O)C(CO)NC(=O)C(O)CCCCCCCCCCCCCCCCCCCCCCCCCCCCCCC. The first kappa shape index (κ1) is 54.8. The highest BCUT2D eigenvalue weighted by molar-refractivity contribution is 5.80. The van der Waals surface area contributed by atoms with Crippen molar-refractivity contribution in [2.45, 2.75) is 289 Å². The van der Waals surface area contributed by atoms with E-state index in [1.54, 1.807) is 6.08 Å². The van der Waals surface area contributed by atoms with Gasteiger partial charge in [0, 0.05) is 0 Å². The molecule has 0 spiro atoms. The van der Waals surface area contributed by atoms with E-state index in [4.69, 9.17) is 0 Å². The Morgan fingerprint density at radius 3 is 1.09 bits per heavy atom. The largest absolute Gasteiger partial charge is 0.394 e. The van der Waals surface area contributed by atoms with E-state index >= 15 is 0 Å². The van der Waals surface area contributed by atoms with E-state index < -0.39 is 24.2 Å². The lowest BCUT2D eigenvalue weighted by molar-refractivity contribution is -0.131. The minimum atomic E-state index is -1.10. The Morgan fingerprint density at radius 2 is 0.732 bits per heavy atom. The quantitative estimate of drug-likeness (QED) is 0.0365. The van der Waals surface area contributed by atoms with Crippen LogP contribution in [-0.4, -0.2) is 46.1 Å². The van der Waals surface area contributed by atoms with Crippen molar-refractivity contribution in [1.29, 1.82) is 0 Å². The van der Waals surface area contributed by atoms with Crippen LogP contribution in [0.25, 0.3) is 0 Å². The second kappa shape index (κ2) is 46.5. The summed E-state index contributed by atoms with van der Waals surface area (Å²) < 4.78 is 0. The lowest BCUT2D eigenvalue weighted by Crippen LogP contribution is -2.48. The number of unbranched alkanes of at least 4 members (excludes halogenated alkanes) is 36. The van der Waals surface area contributed by atoms with Crippen molar-refractivity contribution < 1.29 is 20.1 Å². The smallest absolute Gasteiger partial charge is 0.249 e. The first-order valence-corrected chi connectivity index (χ1v) is 25.2. The molecule has 3 atom stereocenters. The van der Waals surface area contributed by atoms with Gasteiger partial charge in [0.15, 0.2) is 0 Å². The van der Waals surface area contributed by atoms with Crippen LogP contribution < -0.4 is 5.32 Å². The Morgan fingerprint density at radius 1 is 0.429 bits per heavy atom. The molecule has 4 N–H and O–H groups in total. The van der Waals surface area contributed by atoms with Gasteiger partial charge in [0.25, 0.3) is 0 Å². The monoisotopic (exact) mass is 790 g/mol. The van der Waals surface area contributed by atoms with Gasteiger partial charge >= 0.3 is 0 Å². The molecule has 56 heavy (non-hydrogen) atoms. The Hall–Kier alpha value is -1.17. The number of hydrogen-bond donors (Lipinski definition) is 4. The van der Waals surface area contributed by atoms with E-state index in [9.17, 15) is 20.1 Å². The van der Waals surface area contributed by atoms with Crippen molar-refractivity contribution in [3.63, 3.8) is 0 Å². The highest BCUT2D eigenvalue weighted by atomic mass is 16.3. The van der Waals surface area contributed by atoms with Gasteiger partial charge in [-0.1, -0.05) is 263 Å². The van der Waals surface area contributed by atoms with Crippen molar-refractivity contribution in [1.82, 2.24) is 5.32 Å². The number of carbonyl (C=O) groups excluding carboxylic acids is 1. The normalized spacial score (nSPS) is 13.6. The number of rotatable bonds is 46. The predicted octanol–water partition coefficient (Wildman–Crippen LogP) is 14.9. The predicted molar refractivity (Wildman–Crippen MR) is 245 cm³/mol. The maximum Gasteiger partial charge on any atom is 0.249 e. The molecule has 0 rings (SSSR count). The summed E-state index contributed by atoms with van der Waals surface area (Å²) in [4.78, 5) is 12.5. The fraction of sp³-hybridized carbons (Fsp3) is 0.902. The maximum absolute atomic E-state index is 12.5. The third-order valence-electron chi connectivity index (χ3n) is 11.8. The molecule has 0 aromatic heterocycles. The number of amides is 1. The summed E-state index contributed by atoms with van der Waals surface area (Å²) in [6, 6.07) is -0.810. The summed E-state index contributed by atoms with van der Waals surface area (Å²) in [5, 5.41) is 33.1. The van der Waals surface area contributed by atoms with Crippen LogP contribution in [0.5, 0.6) is 0 Å². The molecule has 0 bridgehead atoms. The van der Waals surface area contributed by atoms with Crippen LogP contribution in [-0.2, 0) is 4.79 Å². The van der Waals surface area contributed by atoms with Crippen LogP contribution in [0.1, 0.15) is 271 Å². The third-order valence-corrected chi connectivity index (χ3v) is 11.8. The highest BCUT2D eigenvalue weighted by Gasteiger charge is 2.22. The van der Waals surface area contributed by atoms with Gasteiger partial charge in [-0.3, -0.25) is 4.79 Å². The molecule has 0 aromatic rings. The first-order chi connectivity index (χ1) is 27.6.